The summed E-state index contributed by atoms with van der Waals surface area (Å²) in [6.45, 7) is 11.8. The fourth-order valence-electron chi connectivity index (χ4n) is 7.36. The zero-order chi connectivity index (χ0) is 33.7. The van der Waals surface area contributed by atoms with Crippen LogP contribution in [0.15, 0.2) is 140 Å². The molecular weight excluding hydrogens is 611 g/mol. The Morgan fingerprint density at radius 2 is 1.39 bits per heavy atom. The van der Waals surface area contributed by atoms with Crippen LogP contribution >= 0.6 is 0 Å². The smallest absolute Gasteiger partial charge is 0.0804 e. The molecule has 0 fully saturated rings. The van der Waals surface area contributed by atoms with Crippen LogP contribution in [0.1, 0.15) is 19.4 Å². The molecule has 0 bridgehead atoms. The molecule has 3 nitrogen and oxygen atoms in total. The summed E-state index contributed by atoms with van der Waals surface area (Å²) in [7, 11) is -1.65. The number of benzene rings is 5. The van der Waals surface area contributed by atoms with Crippen molar-refractivity contribution in [1.82, 2.24) is 14.5 Å². The van der Waals surface area contributed by atoms with Gasteiger partial charge in [0.2, 0.25) is 0 Å². The summed E-state index contributed by atoms with van der Waals surface area (Å²) in [4.78, 5) is 9.95. The van der Waals surface area contributed by atoms with Crippen molar-refractivity contribution >= 4 is 46.0 Å². The van der Waals surface area contributed by atoms with E-state index >= 15 is 0 Å². The van der Waals surface area contributed by atoms with Gasteiger partial charge in [-0.25, -0.2) is 0 Å². The van der Waals surface area contributed by atoms with Gasteiger partial charge >= 0.3 is 0 Å². The summed E-state index contributed by atoms with van der Waals surface area (Å²) in [5.74, 6) is 0.522. The molecule has 5 aromatic carbocycles. The van der Waals surface area contributed by atoms with Crippen molar-refractivity contribution in [1.29, 1.82) is 0 Å². The number of hydrogen-bond donors (Lipinski definition) is 0. The van der Waals surface area contributed by atoms with E-state index in [9.17, 15) is 0 Å². The van der Waals surface area contributed by atoms with Gasteiger partial charge in [0.1, 0.15) is 0 Å². The number of pyridine rings is 2. The average Bonchev–Trinajstić information content (AvgIpc) is 3.44. The van der Waals surface area contributed by atoms with Gasteiger partial charge in [-0.15, -0.1) is 0 Å². The standard InChI is InChI=1S/C45H41N3Si/c1-30(2)23-31-24-35(41-28-40(32-13-7-6-8-14-32)44(29-47-41)49(3,4)5)26-36(25-31)48-42-19-10-9-17-38(42)39-21-20-34(27-43(39)48)37-18-11-15-33-16-12-22-46-45(33)37/h6-22,24-30H,23H2,1-5H3. The quantitative estimate of drug-likeness (QED) is 0.161. The molecule has 240 valence electrons. The van der Waals surface area contributed by atoms with E-state index in [1.807, 2.05) is 12.3 Å². The van der Waals surface area contributed by atoms with E-state index in [1.54, 1.807) is 0 Å². The van der Waals surface area contributed by atoms with Gasteiger partial charge in [0, 0.05) is 45.4 Å². The van der Waals surface area contributed by atoms with Crippen LogP contribution in [0.4, 0.5) is 0 Å². The van der Waals surface area contributed by atoms with E-state index in [-0.39, 0.29) is 0 Å². The normalized spacial score (nSPS) is 12.0. The lowest BCUT2D eigenvalue weighted by Crippen LogP contribution is -2.39. The molecule has 0 saturated carbocycles. The molecule has 0 radical (unpaired) electrons. The van der Waals surface area contributed by atoms with Crippen molar-refractivity contribution in [2.75, 3.05) is 0 Å². The molecule has 8 aromatic rings. The third-order valence-corrected chi connectivity index (χ3v) is 11.6. The van der Waals surface area contributed by atoms with Crippen LogP contribution < -0.4 is 5.19 Å². The zero-order valence-electron chi connectivity index (χ0n) is 28.9. The molecule has 0 unspecified atom stereocenters. The molecule has 0 aliphatic rings. The number of hydrogen-bond acceptors (Lipinski definition) is 2. The Morgan fingerprint density at radius 1 is 0.612 bits per heavy atom. The first-order valence-electron chi connectivity index (χ1n) is 17.3. The Kier molecular flexibility index (Phi) is 7.77. The number of aromatic nitrogens is 3. The summed E-state index contributed by atoms with van der Waals surface area (Å²) < 4.78 is 2.45. The highest BCUT2D eigenvalue weighted by molar-refractivity contribution is 6.89. The van der Waals surface area contributed by atoms with Gasteiger partial charge in [-0.3, -0.25) is 9.97 Å². The van der Waals surface area contributed by atoms with Gasteiger partial charge < -0.3 is 4.57 Å². The summed E-state index contributed by atoms with van der Waals surface area (Å²) >= 11 is 0. The predicted octanol–water partition coefficient (Wildman–Crippen LogP) is 11.5. The van der Waals surface area contributed by atoms with Gasteiger partial charge in [-0.2, -0.15) is 0 Å². The molecular formula is C45H41N3Si. The van der Waals surface area contributed by atoms with Crippen LogP contribution in [-0.4, -0.2) is 22.6 Å². The molecule has 0 aliphatic heterocycles. The van der Waals surface area contributed by atoms with E-state index in [2.05, 4.69) is 166 Å². The molecule has 0 aliphatic carbocycles. The highest BCUT2D eigenvalue weighted by atomic mass is 28.3. The lowest BCUT2D eigenvalue weighted by Gasteiger charge is -2.22. The van der Waals surface area contributed by atoms with Gasteiger partial charge in [0.25, 0.3) is 0 Å². The molecule has 0 spiro atoms. The van der Waals surface area contributed by atoms with E-state index < -0.39 is 8.07 Å². The van der Waals surface area contributed by atoms with Crippen LogP contribution in [0, 0.1) is 5.92 Å². The van der Waals surface area contributed by atoms with Gasteiger partial charge in [-0.1, -0.05) is 118 Å². The van der Waals surface area contributed by atoms with Crippen molar-refractivity contribution in [3.63, 3.8) is 0 Å². The maximum absolute atomic E-state index is 5.17. The van der Waals surface area contributed by atoms with Crippen LogP contribution in [-0.2, 0) is 6.42 Å². The van der Waals surface area contributed by atoms with E-state index in [4.69, 9.17) is 9.97 Å². The number of fused-ring (bicyclic) bond motifs is 4. The summed E-state index contributed by atoms with van der Waals surface area (Å²) in [5, 5.41) is 5.03. The number of para-hydroxylation sites is 2. The molecule has 3 heterocycles. The van der Waals surface area contributed by atoms with Gasteiger partial charge in [0.15, 0.2) is 0 Å². The Bertz CT molecular complexity index is 2480. The topological polar surface area (TPSA) is 30.7 Å². The monoisotopic (exact) mass is 651 g/mol. The summed E-state index contributed by atoms with van der Waals surface area (Å²) in [6.07, 6.45) is 5.03. The molecule has 49 heavy (non-hydrogen) atoms. The maximum Gasteiger partial charge on any atom is 0.0804 e. The van der Waals surface area contributed by atoms with E-state index in [0.717, 1.165) is 45.4 Å². The first-order valence-corrected chi connectivity index (χ1v) is 20.8. The number of rotatable bonds is 7. The second-order valence-electron chi connectivity index (χ2n) is 14.7. The predicted molar refractivity (Wildman–Crippen MR) is 212 cm³/mol. The fraction of sp³-hybridized carbons (Fsp3) is 0.156. The number of nitrogens with zero attached hydrogens (tertiary/aromatic N) is 3. The minimum absolute atomic E-state index is 0.522. The molecule has 0 atom stereocenters. The van der Waals surface area contributed by atoms with Crippen LogP contribution in [0.2, 0.25) is 19.6 Å². The van der Waals surface area contributed by atoms with Crippen LogP contribution in [0.3, 0.4) is 0 Å². The largest absolute Gasteiger partial charge is 0.309 e. The molecule has 0 amide bonds. The van der Waals surface area contributed by atoms with Crippen molar-refractivity contribution in [3.8, 4) is 39.2 Å². The van der Waals surface area contributed by atoms with Crippen molar-refractivity contribution in [3.05, 3.63) is 145 Å². The van der Waals surface area contributed by atoms with Crippen LogP contribution in [0.25, 0.3) is 71.9 Å². The minimum Gasteiger partial charge on any atom is -0.309 e. The Balaban J connectivity index is 1.37. The fourth-order valence-corrected chi connectivity index (χ4v) is 8.84. The SMILES string of the molecule is CC(C)Cc1cc(-c2cc(-c3ccccc3)c([Si](C)(C)C)cn2)cc(-n2c3ccccc3c3ccc(-c4cccc5cccnc45)cc32)c1. The maximum atomic E-state index is 5.17. The van der Waals surface area contributed by atoms with Crippen LogP contribution in [0.5, 0.6) is 0 Å². The van der Waals surface area contributed by atoms with Crippen molar-refractivity contribution < 1.29 is 0 Å². The third kappa shape index (κ3) is 5.76. The molecule has 0 N–H and O–H groups in total. The van der Waals surface area contributed by atoms with E-state index in [1.165, 1.54) is 43.7 Å². The minimum atomic E-state index is -1.65. The molecule has 4 heteroatoms. The first kappa shape index (κ1) is 31.0. The van der Waals surface area contributed by atoms with Gasteiger partial charge in [-0.05, 0) is 82.2 Å². The molecule has 0 saturated heterocycles. The summed E-state index contributed by atoms with van der Waals surface area (Å²) in [5.41, 5.74) is 12.9. The second-order valence-corrected chi connectivity index (χ2v) is 19.7. The van der Waals surface area contributed by atoms with Crippen molar-refractivity contribution in [2.45, 2.75) is 39.9 Å². The Hall–Kier alpha value is -5.32. The average molecular weight is 652 g/mol. The second kappa shape index (κ2) is 12.3. The highest BCUT2D eigenvalue weighted by Gasteiger charge is 2.23. The zero-order valence-corrected chi connectivity index (χ0v) is 29.9. The molecule has 3 aromatic heterocycles. The lowest BCUT2D eigenvalue weighted by molar-refractivity contribution is 0.647. The van der Waals surface area contributed by atoms with Crippen molar-refractivity contribution in [2.24, 2.45) is 5.92 Å². The Morgan fingerprint density at radius 3 is 2.20 bits per heavy atom. The first-order chi connectivity index (χ1) is 23.7. The third-order valence-electron chi connectivity index (χ3n) is 9.59. The molecule has 8 rings (SSSR count). The van der Waals surface area contributed by atoms with E-state index in [0.29, 0.717) is 5.92 Å². The van der Waals surface area contributed by atoms with Gasteiger partial charge in [0.05, 0.1) is 30.3 Å². The summed E-state index contributed by atoms with van der Waals surface area (Å²) in [6, 6.07) is 46.5. The highest BCUT2D eigenvalue weighted by Crippen LogP contribution is 2.38. The lowest BCUT2D eigenvalue weighted by atomic mass is 9.97. The Labute approximate surface area is 289 Å².